The topological polar surface area (TPSA) is 63.0 Å². The van der Waals surface area contributed by atoms with Crippen molar-refractivity contribution in [1.29, 1.82) is 5.26 Å². The van der Waals surface area contributed by atoms with Gasteiger partial charge >= 0.3 is 5.97 Å². The Morgan fingerprint density at radius 1 is 1.35 bits per heavy atom. The molecule has 1 aromatic carbocycles. The van der Waals surface area contributed by atoms with Crippen LogP contribution in [0.4, 0.5) is 0 Å². The van der Waals surface area contributed by atoms with Gasteiger partial charge < -0.3 is 4.74 Å². The van der Waals surface area contributed by atoms with Crippen LogP contribution < -0.4 is 0 Å². The van der Waals surface area contributed by atoms with Crippen LogP contribution in [0.2, 0.25) is 0 Å². The highest BCUT2D eigenvalue weighted by atomic mass is 16.5. The summed E-state index contributed by atoms with van der Waals surface area (Å²) >= 11 is 0. The first-order valence-corrected chi connectivity index (χ1v) is 6.34. The van der Waals surface area contributed by atoms with Gasteiger partial charge in [-0.2, -0.15) is 5.26 Å². The molecule has 100 valence electrons. The molecule has 20 heavy (non-hydrogen) atoms. The summed E-state index contributed by atoms with van der Waals surface area (Å²) in [6, 6.07) is 12.8. The summed E-state index contributed by atoms with van der Waals surface area (Å²) in [5.74, 6) is -0.337. The Bertz CT molecular complexity index is 660. The van der Waals surface area contributed by atoms with Gasteiger partial charge in [0.2, 0.25) is 0 Å². The monoisotopic (exact) mass is 266 g/mol. The number of esters is 1. The van der Waals surface area contributed by atoms with Gasteiger partial charge in [-0.1, -0.05) is 12.1 Å². The molecule has 0 radical (unpaired) electrons. The molecule has 4 heteroatoms. The standard InChI is InChI=1S/C16H14N2O2/c1-2-20-16(19)13-6-3-5-12(9-13)10-15-14(11-17)7-4-8-18-15/h3-9H,2,10H2,1H3. The Morgan fingerprint density at radius 3 is 2.95 bits per heavy atom. The zero-order valence-corrected chi connectivity index (χ0v) is 11.2. The summed E-state index contributed by atoms with van der Waals surface area (Å²) in [4.78, 5) is 15.9. The Kier molecular flexibility index (Phi) is 4.46. The quantitative estimate of drug-likeness (QED) is 0.798. The van der Waals surface area contributed by atoms with E-state index in [0.717, 1.165) is 5.56 Å². The smallest absolute Gasteiger partial charge is 0.338 e. The Labute approximate surface area is 117 Å². The first-order chi connectivity index (χ1) is 9.74. The van der Waals surface area contributed by atoms with Crippen LogP contribution in [0.1, 0.15) is 34.1 Å². The third kappa shape index (κ3) is 3.21. The van der Waals surface area contributed by atoms with Crippen LogP contribution in [0.25, 0.3) is 0 Å². The van der Waals surface area contributed by atoms with Crippen molar-refractivity contribution in [1.82, 2.24) is 4.98 Å². The van der Waals surface area contributed by atoms with Crippen LogP contribution in [-0.4, -0.2) is 17.6 Å². The van der Waals surface area contributed by atoms with Gasteiger partial charge in [-0.25, -0.2) is 4.79 Å². The predicted molar refractivity (Wildman–Crippen MR) is 74.2 cm³/mol. The second-order valence-electron chi connectivity index (χ2n) is 4.21. The highest BCUT2D eigenvalue weighted by Gasteiger charge is 2.09. The minimum atomic E-state index is -0.337. The number of pyridine rings is 1. The summed E-state index contributed by atoms with van der Waals surface area (Å²) in [6.45, 7) is 2.12. The van der Waals surface area contributed by atoms with E-state index in [9.17, 15) is 4.79 Å². The highest BCUT2D eigenvalue weighted by molar-refractivity contribution is 5.89. The molecule has 0 N–H and O–H groups in total. The van der Waals surface area contributed by atoms with Crippen LogP contribution in [0.3, 0.4) is 0 Å². The molecule has 2 rings (SSSR count). The first-order valence-electron chi connectivity index (χ1n) is 6.34. The van der Waals surface area contributed by atoms with E-state index in [1.54, 1.807) is 43.5 Å². The number of aromatic nitrogens is 1. The molecule has 0 bridgehead atoms. The van der Waals surface area contributed by atoms with Crippen LogP contribution in [0, 0.1) is 11.3 Å². The number of carbonyl (C=O) groups is 1. The van der Waals surface area contributed by atoms with Crippen LogP contribution in [0.15, 0.2) is 42.6 Å². The molecule has 0 fully saturated rings. The van der Waals surface area contributed by atoms with Crippen molar-refractivity contribution < 1.29 is 9.53 Å². The third-order valence-electron chi connectivity index (χ3n) is 2.82. The van der Waals surface area contributed by atoms with Crippen molar-refractivity contribution in [2.45, 2.75) is 13.3 Å². The molecule has 0 saturated carbocycles. The molecule has 4 nitrogen and oxygen atoms in total. The van der Waals surface area contributed by atoms with Crippen molar-refractivity contribution in [3.05, 3.63) is 65.0 Å². The molecule has 1 heterocycles. The van der Waals surface area contributed by atoms with Crippen LogP contribution in [-0.2, 0) is 11.2 Å². The average Bonchev–Trinajstić information content (AvgIpc) is 2.48. The fourth-order valence-electron chi connectivity index (χ4n) is 1.90. The van der Waals surface area contributed by atoms with Gasteiger partial charge in [-0.05, 0) is 36.8 Å². The maximum Gasteiger partial charge on any atom is 0.338 e. The third-order valence-corrected chi connectivity index (χ3v) is 2.82. The lowest BCUT2D eigenvalue weighted by Gasteiger charge is -2.06. The zero-order valence-electron chi connectivity index (χ0n) is 11.2. The van der Waals surface area contributed by atoms with Crippen molar-refractivity contribution in [3.8, 4) is 6.07 Å². The molecule has 0 unspecified atom stereocenters. The van der Waals surface area contributed by atoms with Gasteiger partial charge in [-0.3, -0.25) is 4.98 Å². The van der Waals surface area contributed by atoms with E-state index in [1.807, 2.05) is 6.07 Å². The molecule has 0 saturated heterocycles. The molecule has 0 aliphatic heterocycles. The van der Waals surface area contributed by atoms with E-state index in [2.05, 4.69) is 11.1 Å². The number of carbonyl (C=O) groups excluding carboxylic acids is 1. The van der Waals surface area contributed by atoms with Crippen molar-refractivity contribution in [2.75, 3.05) is 6.61 Å². The number of hydrogen-bond acceptors (Lipinski definition) is 4. The molecule has 0 spiro atoms. The van der Waals surface area contributed by atoms with Crippen LogP contribution >= 0.6 is 0 Å². The normalized spacial score (nSPS) is 9.80. The minimum absolute atomic E-state index is 0.337. The Morgan fingerprint density at radius 2 is 2.20 bits per heavy atom. The van der Waals surface area contributed by atoms with E-state index >= 15 is 0 Å². The second kappa shape index (κ2) is 6.48. The number of nitriles is 1. The second-order valence-corrected chi connectivity index (χ2v) is 4.21. The van der Waals surface area contributed by atoms with E-state index in [0.29, 0.717) is 29.8 Å². The molecule has 1 aromatic heterocycles. The molecular formula is C16H14N2O2. The minimum Gasteiger partial charge on any atom is -0.462 e. The molecule has 0 amide bonds. The van der Waals surface area contributed by atoms with Gasteiger partial charge in [0.05, 0.1) is 23.4 Å². The summed E-state index contributed by atoms with van der Waals surface area (Å²) in [5.41, 5.74) is 2.69. The lowest BCUT2D eigenvalue weighted by atomic mass is 10.0. The summed E-state index contributed by atoms with van der Waals surface area (Å²) in [5, 5.41) is 9.05. The number of ether oxygens (including phenoxy) is 1. The van der Waals surface area contributed by atoms with E-state index in [-0.39, 0.29) is 5.97 Å². The summed E-state index contributed by atoms with van der Waals surface area (Å²) < 4.78 is 4.97. The van der Waals surface area contributed by atoms with Gasteiger partial charge in [0.25, 0.3) is 0 Å². The number of hydrogen-bond donors (Lipinski definition) is 0. The van der Waals surface area contributed by atoms with Gasteiger partial charge in [0.15, 0.2) is 0 Å². The number of nitrogens with zero attached hydrogens (tertiary/aromatic N) is 2. The summed E-state index contributed by atoms with van der Waals surface area (Å²) in [7, 11) is 0. The molecule has 0 atom stereocenters. The SMILES string of the molecule is CCOC(=O)c1cccc(Cc2ncccc2C#N)c1. The van der Waals surface area contributed by atoms with E-state index in [1.165, 1.54) is 0 Å². The van der Waals surface area contributed by atoms with E-state index < -0.39 is 0 Å². The molecule has 0 aliphatic rings. The predicted octanol–water partition coefficient (Wildman–Crippen LogP) is 2.72. The lowest BCUT2D eigenvalue weighted by Crippen LogP contribution is -2.05. The maximum atomic E-state index is 11.7. The van der Waals surface area contributed by atoms with Crippen molar-refractivity contribution >= 4 is 5.97 Å². The van der Waals surface area contributed by atoms with Crippen LogP contribution in [0.5, 0.6) is 0 Å². The number of benzene rings is 1. The fourth-order valence-corrected chi connectivity index (χ4v) is 1.90. The Hall–Kier alpha value is -2.67. The Balaban J connectivity index is 2.24. The van der Waals surface area contributed by atoms with Gasteiger partial charge in [-0.15, -0.1) is 0 Å². The largest absolute Gasteiger partial charge is 0.462 e. The molecule has 0 aliphatic carbocycles. The lowest BCUT2D eigenvalue weighted by molar-refractivity contribution is 0.0526. The van der Waals surface area contributed by atoms with Gasteiger partial charge in [0, 0.05) is 12.6 Å². The van der Waals surface area contributed by atoms with Gasteiger partial charge in [0.1, 0.15) is 6.07 Å². The number of rotatable bonds is 4. The first kappa shape index (κ1) is 13.8. The molecular weight excluding hydrogens is 252 g/mol. The van der Waals surface area contributed by atoms with E-state index in [4.69, 9.17) is 10.00 Å². The average molecular weight is 266 g/mol. The molecule has 2 aromatic rings. The summed E-state index contributed by atoms with van der Waals surface area (Å²) in [6.07, 6.45) is 2.17. The fraction of sp³-hybridized carbons (Fsp3) is 0.188. The van der Waals surface area contributed by atoms with Crippen molar-refractivity contribution in [3.63, 3.8) is 0 Å². The van der Waals surface area contributed by atoms with Crippen molar-refractivity contribution in [2.24, 2.45) is 0 Å². The highest BCUT2D eigenvalue weighted by Crippen LogP contribution is 2.13. The maximum absolute atomic E-state index is 11.7. The zero-order chi connectivity index (χ0) is 14.4.